The van der Waals surface area contributed by atoms with Crippen molar-refractivity contribution in [2.24, 2.45) is 11.7 Å². The van der Waals surface area contributed by atoms with Gasteiger partial charge in [-0.1, -0.05) is 13.8 Å². The van der Waals surface area contributed by atoms with Crippen molar-refractivity contribution in [1.82, 2.24) is 5.32 Å². The number of rotatable bonds is 4. The number of halogens is 1. The highest BCUT2D eigenvalue weighted by molar-refractivity contribution is 5.96. The van der Waals surface area contributed by atoms with Crippen LogP contribution in [0.15, 0.2) is 24.3 Å². The maximum absolute atomic E-state index is 11.8. The maximum atomic E-state index is 11.8. The lowest BCUT2D eigenvalue weighted by molar-refractivity contribution is -0.118. The molecular weight excluding hydrogens is 292 g/mol. The standard InChI is InChI=1S/C14H20N4O2.ClH/c1-9(2)12(15)13(19)17-10-3-5-11(6-4-10)18-8-7-16-14(18)20;/h3-6,9,12H,7-8,15H2,1-2H3,(H,16,20)(H,17,19);1H/t12-;/m0./s1. The Bertz CT molecular complexity index is 504. The van der Waals surface area contributed by atoms with Gasteiger partial charge < -0.3 is 16.4 Å². The largest absolute Gasteiger partial charge is 0.336 e. The summed E-state index contributed by atoms with van der Waals surface area (Å²) in [5.41, 5.74) is 7.27. The zero-order valence-corrected chi connectivity index (χ0v) is 12.9. The molecule has 1 fully saturated rings. The lowest BCUT2D eigenvalue weighted by Crippen LogP contribution is -2.39. The maximum Gasteiger partial charge on any atom is 0.321 e. The van der Waals surface area contributed by atoms with Crippen molar-refractivity contribution in [3.63, 3.8) is 0 Å². The highest BCUT2D eigenvalue weighted by atomic mass is 35.5. The number of urea groups is 1. The molecule has 1 aromatic rings. The third-order valence-electron chi connectivity index (χ3n) is 3.32. The second-order valence-electron chi connectivity index (χ2n) is 5.19. The van der Waals surface area contributed by atoms with E-state index in [1.807, 2.05) is 13.8 Å². The molecular formula is C14H21ClN4O2. The molecule has 1 aliphatic heterocycles. The van der Waals surface area contributed by atoms with Crippen LogP contribution in [0.2, 0.25) is 0 Å². The molecule has 0 radical (unpaired) electrons. The van der Waals surface area contributed by atoms with Crippen LogP contribution in [0.4, 0.5) is 16.2 Å². The van der Waals surface area contributed by atoms with Gasteiger partial charge in [0.05, 0.1) is 6.04 Å². The van der Waals surface area contributed by atoms with E-state index >= 15 is 0 Å². The molecule has 7 heteroatoms. The van der Waals surface area contributed by atoms with Crippen LogP contribution in [-0.2, 0) is 4.79 Å². The van der Waals surface area contributed by atoms with E-state index in [1.54, 1.807) is 29.2 Å². The predicted octanol–water partition coefficient (Wildman–Crippen LogP) is 1.56. The Labute approximate surface area is 130 Å². The van der Waals surface area contributed by atoms with Crippen LogP contribution in [0.5, 0.6) is 0 Å². The molecule has 1 aliphatic rings. The minimum atomic E-state index is -0.529. The van der Waals surface area contributed by atoms with Crippen molar-refractivity contribution in [2.45, 2.75) is 19.9 Å². The molecule has 4 N–H and O–H groups in total. The van der Waals surface area contributed by atoms with Crippen LogP contribution in [0, 0.1) is 5.92 Å². The smallest absolute Gasteiger partial charge is 0.321 e. The molecule has 1 saturated heterocycles. The van der Waals surface area contributed by atoms with E-state index in [1.165, 1.54) is 0 Å². The lowest BCUT2D eigenvalue weighted by atomic mass is 10.0. The molecule has 0 spiro atoms. The first-order valence-electron chi connectivity index (χ1n) is 6.71. The number of nitrogens with two attached hydrogens (primary N) is 1. The molecule has 1 aromatic carbocycles. The molecule has 1 atom stereocenters. The normalized spacial score (nSPS) is 15.4. The zero-order valence-electron chi connectivity index (χ0n) is 12.1. The van der Waals surface area contributed by atoms with Crippen LogP contribution in [0.3, 0.4) is 0 Å². The molecule has 0 bridgehead atoms. The molecule has 0 unspecified atom stereocenters. The molecule has 2 rings (SSSR count). The van der Waals surface area contributed by atoms with Gasteiger partial charge in [-0.15, -0.1) is 12.4 Å². The molecule has 0 saturated carbocycles. The van der Waals surface area contributed by atoms with E-state index in [4.69, 9.17) is 5.73 Å². The van der Waals surface area contributed by atoms with Crippen molar-refractivity contribution >= 4 is 35.7 Å². The third-order valence-corrected chi connectivity index (χ3v) is 3.32. The first-order valence-corrected chi connectivity index (χ1v) is 6.71. The number of anilines is 2. The Balaban J connectivity index is 0.00000220. The minimum Gasteiger partial charge on any atom is -0.336 e. The molecule has 116 valence electrons. The number of hydrogen-bond acceptors (Lipinski definition) is 3. The van der Waals surface area contributed by atoms with Gasteiger partial charge in [0.25, 0.3) is 0 Å². The van der Waals surface area contributed by atoms with Gasteiger partial charge in [0, 0.05) is 24.5 Å². The Morgan fingerprint density at radius 2 is 1.95 bits per heavy atom. The molecule has 0 aromatic heterocycles. The quantitative estimate of drug-likeness (QED) is 0.788. The van der Waals surface area contributed by atoms with Gasteiger partial charge in [0.1, 0.15) is 0 Å². The fraction of sp³-hybridized carbons (Fsp3) is 0.429. The summed E-state index contributed by atoms with van der Waals surface area (Å²) in [7, 11) is 0. The average Bonchev–Trinajstić information content (AvgIpc) is 2.85. The molecule has 6 nitrogen and oxygen atoms in total. The number of hydrogen-bond donors (Lipinski definition) is 3. The summed E-state index contributed by atoms with van der Waals surface area (Å²) in [6, 6.07) is 6.53. The fourth-order valence-electron chi connectivity index (χ4n) is 1.97. The molecule has 1 heterocycles. The summed E-state index contributed by atoms with van der Waals surface area (Å²) >= 11 is 0. The SMILES string of the molecule is CC(C)[C@H](N)C(=O)Nc1ccc(N2CCNC2=O)cc1.Cl. The summed E-state index contributed by atoms with van der Waals surface area (Å²) < 4.78 is 0. The summed E-state index contributed by atoms with van der Waals surface area (Å²) in [6.07, 6.45) is 0. The number of carbonyl (C=O) groups is 2. The van der Waals surface area contributed by atoms with Gasteiger partial charge in [-0.3, -0.25) is 9.69 Å². The first-order chi connectivity index (χ1) is 9.49. The van der Waals surface area contributed by atoms with Gasteiger partial charge in [-0.05, 0) is 30.2 Å². The monoisotopic (exact) mass is 312 g/mol. The van der Waals surface area contributed by atoms with Gasteiger partial charge in [-0.25, -0.2) is 4.79 Å². The zero-order chi connectivity index (χ0) is 14.7. The minimum absolute atomic E-state index is 0. The van der Waals surface area contributed by atoms with E-state index in [2.05, 4.69) is 10.6 Å². The van der Waals surface area contributed by atoms with Gasteiger partial charge in [0.2, 0.25) is 5.91 Å². The van der Waals surface area contributed by atoms with E-state index in [-0.39, 0.29) is 30.3 Å². The van der Waals surface area contributed by atoms with Crippen LogP contribution in [0.25, 0.3) is 0 Å². The van der Waals surface area contributed by atoms with E-state index in [0.29, 0.717) is 18.8 Å². The highest BCUT2D eigenvalue weighted by Gasteiger charge is 2.21. The summed E-state index contributed by atoms with van der Waals surface area (Å²) in [5, 5.41) is 5.51. The van der Waals surface area contributed by atoms with Crippen LogP contribution < -0.4 is 21.3 Å². The molecule has 0 aliphatic carbocycles. The number of nitrogens with zero attached hydrogens (tertiary/aromatic N) is 1. The second-order valence-corrected chi connectivity index (χ2v) is 5.19. The second kappa shape index (κ2) is 7.28. The van der Waals surface area contributed by atoms with Crippen molar-refractivity contribution in [1.29, 1.82) is 0 Å². The van der Waals surface area contributed by atoms with Crippen molar-refractivity contribution in [2.75, 3.05) is 23.3 Å². The Hall–Kier alpha value is -1.79. The average molecular weight is 313 g/mol. The van der Waals surface area contributed by atoms with Crippen LogP contribution in [-0.4, -0.2) is 31.1 Å². The van der Waals surface area contributed by atoms with Gasteiger partial charge in [0.15, 0.2) is 0 Å². The Morgan fingerprint density at radius 1 is 1.33 bits per heavy atom. The lowest BCUT2D eigenvalue weighted by Gasteiger charge is -2.17. The number of carbonyl (C=O) groups excluding carboxylic acids is 2. The fourth-order valence-corrected chi connectivity index (χ4v) is 1.97. The number of nitrogens with one attached hydrogen (secondary N) is 2. The highest BCUT2D eigenvalue weighted by Crippen LogP contribution is 2.19. The van der Waals surface area contributed by atoms with Crippen molar-refractivity contribution < 1.29 is 9.59 Å². The summed E-state index contributed by atoms with van der Waals surface area (Å²) in [6.45, 7) is 5.11. The first kappa shape index (κ1) is 17.3. The van der Waals surface area contributed by atoms with Crippen LogP contribution in [0.1, 0.15) is 13.8 Å². The van der Waals surface area contributed by atoms with E-state index in [9.17, 15) is 9.59 Å². The third kappa shape index (κ3) is 4.09. The topological polar surface area (TPSA) is 87.5 Å². The Kier molecular flexibility index (Phi) is 5.99. The molecule has 21 heavy (non-hydrogen) atoms. The van der Waals surface area contributed by atoms with Crippen molar-refractivity contribution in [3.05, 3.63) is 24.3 Å². The summed E-state index contributed by atoms with van der Waals surface area (Å²) in [4.78, 5) is 25.0. The van der Waals surface area contributed by atoms with E-state index < -0.39 is 6.04 Å². The molecule has 3 amide bonds. The Morgan fingerprint density at radius 3 is 2.43 bits per heavy atom. The van der Waals surface area contributed by atoms with Gasteiger partial charge in [-0.2, -0.15) is 0 Å². The van der Waals surface area contributed by atoms with E-state index in [0.717, 1.165) is 5.69 Å². The predicted molar refractivity (Wildman–Crippen MR) is 85.9 cm³/mol. The number of amides is 3. The van der Waals surface area contributed by atoms with Crippen molar-refractivity contribution in [3.8, 4) is 0 Å². The summed E-state index contributed by atoms with van der Waals surface area (Å²) in [5.74, 6) is -0.116. The van der Waals surface area contributed by atoms with Gasteiger partial charge >= 0.3 is 6.03 Å². The number of benzene rings is 1. The van der Waals surface area contributed by atoms with Crippen LogP contribution >= 0.6 is 12.4 Å².